The third-order valence-electron chi connectivity index (χ3n) is 10.9. The van der Waals surface area contributed by atoms with Crippen LogP contribution in [0.5, 0.6) is 0 Å². The van der Waals surface area contributed by atoms with Gasteiger partial charge in [-0.25, -0.2) is 0 Å². The monoisotopic (exact) mass is 702 g/mol. The van der Waals surface area contributed by atoms with Crippen molar-refractivity contribution in [3.05, 3.63) is 218 Å². The Morgan fingerprint density at radius 1 is 0.418 bits per heavy atom. The average Bonchev–Trinajstić information content (AvgIpc) is 3.59. The second-order valence-electron chi connectivity index (χ2n) is 14.2. The number of para-hydroxylation sites is 2. The van der Waals surface area contributed by atoms with E-state index < -0.39 is 0 Å². The van der Waals surface area contributed by atoms with Crippen LogP contribution in [0.1, 0.15) is 5.56 Å². The molecule has 0 saturated carbocycles. The number of nitrogens with zero attached hydrogens (tertiary/aromatic N) is 2. The van der Waals surface area contributed by atoms with E-state index in [-0.39, 0.29) is 0 Å². The second kappa shape index (κ2) is 13.7. The molecule has 0 aliphatic carbocycles. The zero-order chi connectivity index (χ0) is 36.7. The quantitative estimate of drug-likeness (QED) is 0.160. The normalized spacial score (nSPS) is 11.4. The molecule has 0 amide bonds. The van der Waals surface area contributed by atoms with E-state index in [1.54, 1.807) is 0 Å². The summed E-state index contributed by atoms with van der Waals surface area (Å²) in [5.74, 6) is 0. The fourth-order valence-corrected chi connectivity index (χ4v) is 8.46. The maximum absolute atomic E-state index is 2.53. The number of aryl methyl sites for hydroxylation is 1. The number of anilines is 3. The summed E-state index contributed by atoms with van der Waals surface area (Å²) in [6.07, 6.45) is 0. The maximum atomic E-state index is 2.53. The van der Waals surface area contributed by atoms with Crippen LogP contribution in [0, 0.1) is 6.92 Å². The minimum atomic E-state index is 1.08. The van der Waals surface area contributed by atoms with Crippen LogP contribution >= 0.6 is 0 Å². The molecule has 0 fully saturated rings. The topological polar surface area (TPSA) is 8.17 Å². The largest absolute Gasteiger partial charge is 0.309 e. The molecule has 55 heavy (non-hydrogen) atoms. The molecule has 2 nitrogen and oxygen atoms in total. The zero-order valence-corrected chi connectivity index (χ0v) is 30.6. The van der Waals surface area contributed by atoms with Crippen LogP contribution in [0.2, 0.25) is 0 Å². The summed E-state index contributed by atoms with van der Waals surface area (Å²) in [4.78, 5) is 2.53. The SMILES string of the molecule is Cc1cccc2c1c1ccc(N(c3ccc4ccccc4c3-c3ccccc3)c3c(-c4ccccc4)cccc3-c3ccccc3)cc1n2-c1ccccc1. The predicted octanol–water partition coefficient (Wildman–Crippen LogP) is 14.7. The molecule has 0 atom stereocenters. The van der Waals surface area contributed by atoms with Crippen LogP contribution in [0.4, 0.5) is 17.1 Å². The van der Waals surface area contributed by atoms with Crippen molar-refractivity contribution in [2.75, 3.05) is 4.90 Å². The Balaban J connectivity index is 1.37. The van der Waals surface area contributed by atoms with Gasteiger partial charge in [-0.05, 0) is 76.3 Å². The van der Waals surface area contributed by atoms with E-state index in [2.05, 4.69) is 229 Å². The van der Waals surface area contributed by atoms with E-state index in [0.29, 0.717) is 0 Å². The summed E-state index contributed by atoms with van der Waals surface area (Å²) >= 11 is 0. The van der Waals surface area contributed by atoms with Crippen molar-refractivity contribution in [1.82, 2.24) is 4.57 Å². The summed E-state index contributed by atoms with van der Waals surface area (Å²) < 4.78 is 2.43. The molecule has 10 rings (SSSR count). The fraction of sp³-hybridized carbons (Fsp3) is 0.0189. The lowest BCUT2D eigenvalue weighted by Gasteiger charge is -2.32. The van der Waals surface area contributed by atoms with Crippen molar-refractivity contribution >= 4 is 49.6 Å². The van der Waals surface area contributed by atoms with Gasteiger partial charge < -0.3 is 9.47 Å². The van der Waals surface area contributed by atoms with Gasteiger partial charge in [-0.3, -0.25) is 0 Å². The van der Waals surface area contributed by atoms with E-state index in [0.717, 1.165) is 45.0 Å². The number of benzene rings is 9. The second-order valence-corrected chi connectivity index (χ2v) is 14.2. The molecule has 0 saturated heterocycles. The van der Waals surface area contributed by atoms with E-state index in [4.69, 9.17) is 0 Å². The molecule has 0 N–H and O–H groups in total. The van der Waals surface area contributed by atoms with Gasteiger partial charge in [-0.1, -0.05) is 176 Å². The minimum Gasteiger partial charge on any atom is -0.309 e. The van der Waals surface area contributed by atoms with Crippen molar-refractivity contribution in [1.29, 1.82) is 0 Å². The first-order valence-corrected chi connectivity index (χ1v) is 18.9. The summed E-state index contributed by atoms with van der Waals surface area (Å²) in [5, 5.41) is 4.94. The lowest BCUT2D eigenvalue weighted by molar-refractivity contribution is 1.18. The van der Waals surface area contributed by atoms with Gasteiger partial charge in [0, 0.05) is 38.8 Å². The molecule has 1 heterocycles. The smallest absolute Gasteiger partial charge is 0.0618 e. The standard InChI is InChI=1S/C53H38N2/c1-37-18-16-31-48-51(37)47-34-33-43(36-50(47)54(48)42-26-12-5-13-27-42)55(49-35-32-40-23-14-15-28-44(40)52(49)41-24-10-4-11-25-41)53-45(38-19-6-2-7-20-38)29-17-30-46(53)39-21-8-3-9-22-39/h2-36H,1H3. The van der Waals surface area contributed by atoms with Crippen molar-refractivity contribution < 1.29 is 0 Å². The Hall–Kier alpha value is -7.16. The van der Waals surface area contributed by atoms with Gasteiger partial charge in [0.1, 0.15) is 0 Å². The van der Waals surface area contributed by atoms with Gasteiger partial charge >= 0.3 is 0 Å². The van der Waals surface area contributed by atoms with Crippen LogP contribution in [-0.2, 0) is 0 Å². The Morgan fingerprint density at radius 3 is 1.67 bits per heavy atom. The van der Waals surface area contributed by atoms with Gasteiger partial charge in [0.25, 0.3) is 0 Å². The summed E-state index contributed by atoms with van der Waals surface area (Å²) in [6, 6.07) is 77.1. The fourth-order valence-electron chi connectivity index (χ4n) is 8.46. The molecular weight excluding hydrogens is 665 g/mol. The maximum Gasteiger partial charge on any atom is 0.0618 e. The molecule has 9 aromatic carbocycles. The van der Waals surface area contributed by atoms with Crippen LogP contribution in [-0.4, -0.2) is 4.57 Å². The van der Waals surface area contributed by atoms with E-state index in [1.807, 2.05) is 0 Å². The lowest BCUT2D eigenvalue weighted by Crippen LogP contribution is -2.14. The minimum absolute atomic E-state index is 1.08. The average molecular weight is 703 g/mol. The van der Waals surface area contributed by atoms with Crippen molar-refractivity contribution in [3.63, 3.8) is 0 Å². The highest BCUT2D eigenvalue weighted by Crippen LogP contribution is 2.51. The number of rotatable bonds is 7. The summed E-state index contributed by atoms with van der Waals surface area (Å²) in [6.45, 7) is 2.22. The van der Waals surface area contributed by atoms with E-state index >= 15 is 0 Å². The van der Waals surface area contributed by atoms with Gasteiger partial charge in [0.2, 0.25) is 0 Å². The molecular formula is C53H38N2. The van der Waals surface area contributed by atoms with E-state index in [1.165, 1.54) is 49.3 Å². The zero-order valence-electron chi connectivity index (χ0n) is 30.6. The van der Waals surface area contributed by atoms with Crippen LogP contribution in [0.15, 0.2) is 212 Å². The molecule has 2 heteroatoms. The van der Waals surface area contributed by atoms with Crippen LogP contribution < -0.4 is 4.90 Å². The first kappa shape index (κ1) is 32.5. The highest BCUT2D eigenvalue weighted by atomic mass is 15.2. The molecule has 260 valence electrons. The predicted molar refractivity (Wildman–Crippen MR) is 234 cm³/mol. The third kappa shape index (κ3) is 5.59. The number of hydrogen-bond donors (Lipinski definition) is 0. The number of fused-ring (bicyclic) bond motifs is 4. The van der Waals surface area contributed by atoms with Crippen molar-refractivity contribution in [2.24, 2.45) is 0 Å². The van der Waals surface area contributed by atoms with Crippen molar-refractivity contribution in [2.45, 2.75) is 6.92 Å². The van der Waals surface area contributed by atoms with Crippen LogP contribution in [0.25, 0.3) is 71.6 Å². The first-order chi connectivity index (χ1) is 27.2. The highest BCUT2D eigenvalue weighted by Gasteiger charge is 2.26. The molecule has 0 radical (unpaired) electrons. The van der Waals surface area contributed by atoms with Crippen LogP contribution in [0.3, 0.4) is 0 Å². The van der Waals surface area contributed by atoms with Gasteiger partial charge in [-0.15, -0.1) is 0 Å². The lowest BCUT2D eigenvalue weighted by atomic mass is 9.91. The Labute approximate surface area is 321 Å². The number of hydrogen-bond acceptors (Lipinski definition) is 1. The summed E-state index contributed by atoms with van der Waals surface area (Å²) in [7, 11) is 0. The molecule has 0 spiro atoms. The molecule has 0 aliphatic heterocycles. The van der Waals surface area contributed by atoms with E-state index in [9.17, 15) is 0 Å². The number of aromatic nitrogens is 1. The Bertz CT molecular complexity index is 2910. The molecule has 0 bridgehead atoms. The third-order valence-corrected chi connectivity index (χ3v) is 10.9. The Morgan fingerprint density at radius 2 is 1.00 bits per heavy atom. The van der Waals surface area contributed by atoms with Gasteiger partial charge in [-0.2, -0.15) is 0 Å². The molecule has 1 aromatic heterocycles. The first-order valence-electron chi connectivity index (χ1n) is 18.9. The molecule has 0 aliphatic rings. The molecule has 10 aromatic rings. The summed E-state index contributed by atoms with van der Waals surface area (Å²) in [5.41, 5.74) is 15.1. The van der Waals surface area contributed by atoms with Gasteiger partial charge in [0.15, 0.2) is 0 Å². The highest BCUT2D eigenvalue weighted by molar-refractivity contribution is 6.13. The van der Waals surface area contributed by atoms with Crippen molar-refractivity contribution in [3.8, 4) is 39.1 Å². The van der Waals surface area contributed by atoms with Gasteiger partial charge in [0.05, 0.1) is 22.4 Å². The Kier molecular flexibility index (Phi) is 8.08. The molecule has 0 unspecified atom stereocenters.